The number of anilines is 1. The Balaban J connectivity index is 2.10. The highest BCUT2D eigenvalue weighted by molar-refractivity contribution is 9.10. The van der Waals surface area contributed by atoms with Gasteiger partial charge in [-0.05, 0) is 66.2 Å². The Hall–Kier alpha value is -1.56. The number of benzene rings is 1. The average molecular weight is 350 g/mol. The van der Waals surface area contributed by atoms with Crippen molar-refractivity contribution in [2.24, 2.45) is 21.5 Å². The lowest BCUT2D eigenvalue weighted by molar-refractivity contribution is 0.305. The van der Waals surface area contributed by atoms with Crippen LogP contribution in [0.15, 0.2) is 32.7 Å². The first-order chi connectivity index (χ1) is 10.0. The minimum atomic E-state index is -0.383. The Morgan fingerprint density at radius 1 is 1.19 bits per heavy atom. The predicted octanol–water partition coefficient (Wildman–Crippen LogP) is 2.87. The summed E-state index contributed by atoms with van der Waals surface area (Å²) in [6, 6.07) is 6.22. The molecule has 5 nitrogen and oxygen atoms in total. The number of hydrogen-bond donors (Lipinski definition) is 2. The van der Waals surface area contributed by atoms with Crippen molar-refractivity contribution >= 4 is 33.5 Å². The number of nitrogens with two attached hydrogens (primary N) is 2. The second-order valence-electron chi connectivity index (χ2n) is 5.77. The Morgan fingerprint density at radius 2 is 1.90 bits per heavy atom. The molecule has 0 radical (unpaired) electrons. The third-order valence-electron chi connectivity index (χ3n) is 4.20. The smallest absolute Gasteiger partial charge is 0.220 e. The number of rotatable bonds is 1. The van der Waals surface area contributed by atoms with Crippen LogP contribution in [0, 0.1) is 6.92 Å². The molecule has 1 aliphatic carbocycles. The van der Waals surface area contributed by atoms with E-state index in [2.05, 4.69) is 51.0 Å². The van der Waals surface area contributed by atoms with Gasteiger partial charge in [-0.1, -0.05) is 12.5 Å². The van der Waals surface area contributed by atoms with Crippen LogP contribution in [0.25, 0.3) is 0 Å². The summed E-state index contributed by atoms with van der Waals surface area (Å²) in [5.74, 6) is 0.711. The quantitative estimate of drug-likeness (QED) is 0.817. The molecule has 1 fully saturated rings. The molecule has 0 atom stereocenters. The molecule has 0 amide bonds. The molecule has 3 rings (SSSR count). The van der Waals surface area contributed by atoms with Gasteiger partial charge in [0.25, 0.3) is 0 Å². The number of nitrogens with zero attached hydrogens (tertiary/aromatic N) is 3. The van der Waals surface area contributed by atoms with E-state index in [1.807, 2.05) is 4.90 Å². The monoisotopic (exact) mass is 349 g/mol. The molecule has 0 unspecified atom stereocenters. The summed E-state index contributed by atoms with van der Waals surface area (Å²) in [6.45, 7) is 2.06. The van der Waals surface area contributed by atoms with E-state index in [4.69, 9.17) is 11.5 Å². The van der Waals surface area contributed by atoms with Gasteiger partial charge in [-0.15, -0.1) is 0 Å². The fourth-order valence-electron chi connectivity index (χ4n) is 3.26. The van der Waals surface area contributed by atoms with E-state index in [1.54, 1.807) is 0 Å². The normalized spacial score (nSPS) is 21.1. The molecule has 1 heterocycles. The van der Waals surface area contributed by atoms with Gasteiger partial charge in [-0.3, -0.25) is 4.90 Å². The van der Waals surface area contributed by atoms with Gasteiger partial charge < -0.3 is 11.5 Å². The van der Waals surface area contributed by atoms with Crippen molar-refractivity contribution in [1.82, 2.24) is 0 Å². The zero-order valence-electron chi connectivity index (χ0n) is 12.1. The lowest BCUT2D eigenvalue weighted by Crippen LogP contribution is -2.58. The summed E-state index contributed by atoms with van der Waals surface area (Å²) >= 11 is 3.64. The summed E-state index contributed by atoms with van der Waals surface area (Å²) < 4.78 is 1.00. The number of halogens is 1. The molecular formula is C15H20BrN5. The van der Waals surface area contributed by atoms with Crippen LogP contribution in [0.4, 0.5) is 5.69 Å². The maximum absolute atomic E-state index is 6.21. The zero-order chi connectivity index (χ0) is 15.0. The molecular weight excluding hydrogens is 330 g/mol. The minimum absolute atomic E-state index is 0.286. The van der Waals surface area contributed by atoms with Crippen molar-refractivity contribution in [3.63, 3.8) is 0 Å². The van der Waals surface area contributed by atoms with E-state index in [0.717, 1.165) is 35.8 Å². The molecule has 1 aromatic rings. The summed E-state index contributed by atoms with van der Waals surface area (Å²) in [5.41, 5.74) is 13.9. The van der Waals surface area contributed by atoms with Crippen LogP contribution >= 0.6 is 15.9 Å². The number of aryl methyl sites for hydroxylation is 1. The summed E-state index contributed by atoms with van der Waals surface area (Å²) in [5, 5.41) is 0. The molecule has 0 aromatic heterocycles. The van der Waals surface area contributed by atoms with Crippen molar-refractivity contribution in [3.05, 3.63) is 28.2 Å². The molecule has 0 bridgehead atoms. The highest BCUT2D eigenvalue weighted by Gasteiger charge is 2.43. The van der Waals surface area contributed by atoms with Gasteiger partial charge in [-0.25, -0.2) is 4.99 Å². The Kier molecular flexibility index (Phi) is 3.65. The van der Waals surface area contributed by atoms with Crippen molar-refractivity contribution in [1.29, 1.82) is 0 Å². The van der Waals surface area contributed by atoms with Gasteiger partial charge in [-0.2, -0.15) is 4.99 Å². The molecule has 0 saturated heterocycles. The Labute approximate surface area is 133 Å². The molecule has 4 N–H and O–H groups in total. The summed E-state index contributed by atoms with van der Waals surface area (Å²) in [6.07, 6.45) is 5.39. The molecule has 1 aliphatic heterocycles. The third-order valence-corrected chi connectivity index (χ3v) is 4.83. The number of aliphatic imine (C=N–C) groups is 2. The van der Waals surface area contributed by atoms with Gasteiger partial charge in [0.2, 0.25) is 11.9 Å². The first kappa shape index (κ1) is 14.4. The zero-order valence-corrected chi connectivity index (χ0v) is 13.7. The number of guanidine groups is 2. The van der Waals surface area contributed by atoms with Crippen molar-refractivity contribution in [2.75, 3.05) is 4.90 Å². The van der Waals surface area contributed by atoms with Gasteiger partial charge >= 0.3 is 0 Å². The summed E-state index contributed by atoms with van der Waals surface area (Å²) in [7, 11) is 0. The van der Waals surface area contributed by atoms with Gasteiger partial charge in [0, 0.05) is 4.47 Å². The highest BCUT2D eigenvalue weighted by Crippen LogP contribution is 2.41. The Bertz CT molecular complexity index is 616. The summed E-state index contributed by atoms with van der Waals surface area (Å²) in [4.78, 5) is 10.9. The topological polar surface area (TPSA) is 80.0 Å². The lowest BCUT2D eigenvalue weighted by atomic mass is 9.87. The Morgan fingerprint density at radius 3 is 2.57 bits per heavy atom. The van der Waals surface area contributed by atoms with E-state index in [9.17, 15) is 0 Å². The van der Waals surface area contributed by atoms with Crippen LogP contribution in [0.5, 0.6) is 0 Å². The van der Waals surface area contributed by atoms with Gasteiger partial charge in [0.05, 0.1) is 5.69 Å². The van der Waals surface area contributed by atoms with Crippen LogP contribution in [0.1, 0.15) is 37.7 Å². The van der Waals surface area contributed by atoms with E-state index in [0.29, 0.717) is 5.96 Å². The molecule has 1 spiro atoms. The van der Waals surface area contributed by atoms with Crippen LogP contribution in [-0.4, -0.2) is 17.6 Å². The standard InChI is InChI=1S/C15H20BrN5/c1-10-5-6-12(11(16)9-10)21-14(18)19-13(17)20-15(21)7-3-2-4-8-15/h5-6,9H,2-4,7-8H2,1H3,(H4,17,18,19,20). The maximum Gasteiger partial charge on any atom is 0.220 e. The minimum Gasteiger partial charge on any atom is -0.369 e. The molecule has 1 aromatic carbocycles. The molecule has 21 heavy (non-hydrogen) atoms. The van der Waals surface area contributed by atoms with E-state index in [1.165, 1.54) is 12.0 Å². The second-order valence-corrected chi connectivity index (χ2v) is 6.63. The fraction of sp³-hybridized carbons (Fsp3) is 0.467. The molecule has 1 saturated carbocycles. The van der Waals surface area contributed by atoms with Gasteiger partial charge in [0.1, 0.15) is 5.66 Å². The number of hydrogen-bond acceptors (Lipinski definition) is 5. The predicted molar refractivity (Wildman–Crippen MR) is 90.4 cm³/mol. The SMILES string of the molecule is Cc1ccc(N2C(N)=NC(N)=NC23CCCCC3)c(Br)c1. The largest absolute Gasteiger partial charge is 0.369 e. The van der Waals surface area contributed by atoms with E-state index in [-0.39, 0.29) is 11.6 Å². The molecule has 6 heteroatoms. The first-order valence-corrected chi connectivity index (χ1v) is 8.07. The van der Waals surface area contributed by atoms with E-state index < -0.39 is 0 Å². The maximum atomic E-state index is 6.21. The van der Waals surface area contributed by atoms with Crippen LogP contribution in [0.3, 0.4) is 0 Å². The van der Waals surface area contributed by atoms with Crippen molar-refractivity contribution in [3.8, 4) is 0 Å². The van der Waals surface area contributed by atoms with E-state index >= 15 is 0 Å². The molecule has 112 valence electrons. The highest BCUT2D eigenvalue weighted by atomic mass is 79.9. The van der Waals surface area contributed by atoms with Crippen molar-refractivity contribution in [2.45, 2.75) is 44.7 Å². The first-order valence-electron chi connectivity index (χ1n) is 7.28. The average Bonchev–Trinajstić information content (AvgIpc) is 2.41. The molecule has 2 aliphatic rings. The van der Waals surface area contributed by atoms with Gasteiger partial charge in [0.15, 0.2) is 0 Å². The van der Waals surface area contributed by atoms with Crippen molar-refractivity contribution < 1.29 is 0 Å². The van der Waals surface area contributed by atoms with Crippen LogP contribution in [-0.2, 0) is 0 Å². The van der Waals surface area contributed by atoms with Crippen LogP contribution in [0.2, 0.25) is 0 Å². The fourth-order valence-corrected chi connectivity index (χ4v) is 3.93. The lowest BCUT2D eigenvalue weighted by Gasteiger charge is -2.46. The third kappa shape index (κ3) is 2.52. The second kappa shape index (κ2) is 5.33. The van der Waals surface area contributed by atoms with Crippen LogP contribution < -0.4 is 16.4 Å².